The molecule has 0 fully saturated rings. The smallest absolute Gasteiger partial charge is 0.340 e. The van der Waals surface area contributed by atoms with E-state index in [1.54, 1.807) is 0 Å². The maximum Gasteiger partial charge on any atom is 0.340 e. The molecule has 0 bridgehead atoms. The number of rotatable bonds is 3. The molecule has 0 rings (SSSR count). The van der Waals surface area contributed by atoms with Gasteiger partial charge in [0.2, 0.25) is 0 Å². The van der Waals surface area contributed by atoms with E-state index in [9.17, 15) is 9.59 Å². The Hall–Kier alpha value is -1.36. The third-order valence-corrected chi connectivity index (χ3v) is 0.772. The largest absolute Gasteiger partial charge is 0.478 e. The van der Waals surface area contributed by atoms with Gasteiger partial charge in [-0.3, -0.25) is 4.79 Å². The van der Waals surface area contributed by atoms with Crippen LogP contribution >= 0.6 is 0 Å². The first-order valence-electron chi connectivity index (χ1n) is 2.41. The lowest BCUT2D eigenvalue weighted by atomic mass is 10.3. The summed E-state index contributed by atoms with van der Waals surface area (Å²) in [6.07, 6.45) is 0. The average molecular weight is 145 g/mol. The summed E-state index contributed by atoms with van der Waals surface area (Å²) in [5.74, 6) is -2.28. The number of aliphatic hydroxyl groups is 1. The zero-order valence-corrected chi connectivity index (χ0v) is 5.13. The van der Waals surface area contributed by atoms with Crippen molar-refractivity contribution in [2.24, 2.45) is 0 Å². The van der Waals surface area contributed by atoms with Crippen molar-refractivity contribution in [3.8, 4) is 0 Å². The van der Waals surface area contributed by atoms with E-state index in [0.717, 1.165) is 0 Å². The van der Waals surface area contributed by atoms with Crippen molar-refractivity contribution < 1.29 is 19.8 Å². The molecule has 0 saturated carbocycles. The molecule has 0 atom stereocenters. The third-order valence-electron chi connectivity index (χ3n) is 0.772. The number of nitrogens with one attached hydrogen (secondary N) is 1. The second-order valence-corrected chi connectivity index (χ2v) is 1.45. The highest BCUT2D eigenvalue weighted by atomic mass is 16.4. The molecule has 0 aliphatic rings. The number of hydrogen-bond acceptors (Lipinski definition) is 3. The number of carboxylic acids is 1. The summed E-state index contributed by atoms with van der Waals surface area (Å²) in [4.78, 5) is 20.4. The molecule has 0 aromatic rings. The van der Waals surface area contributed by atoms with Gasteiger partial charge in [-0.15, -0.1) is 0 Å². The van der Waals surface area contributed by atoms with Gasteiger partial charge in [0, 0.05) is 0 Å². The Morgan fingerprint density at radius 3 is 2.30 bits per heavy atom. The fourth-order valence-corrected chi connectivity index (χ4v) is 0.276. The molecule has 0 saturated heterocycles. The summed E-state index contributed by atoms with van der Waals surface area (Å²) >= 11 is 0. The van der Waals surface area contributed by atoms with E-state index in [2.05, 4.69) is 6.58 Å². The highest BCUT2D eigenvalue weighted by Gasteiger charge is 2.12. The molecule has 0 aliphatic heterocycles. The number of carboxylic acid groups (broad SMARTS) is 1. The van der Waals surface area contributed by atoms with E-state index in [1.165, 1.54) is 0 Å². The molecule has 10 heavy (non-hydrogen) atoms. The van der Waals surface area contributed by atoms with Crippen LogP contribution in [0.4, 0.5) is 0 Å². The monoisotopic (exact) mass is 145 g/mol. The average Bonchev–Trinajstić information content (AvgIpc) is 1.87. The van der Waals surface area contributed by atoms with Crippen molar-refractivity contribution >= 4 is 11.9 Å². The molecular weight excluding hydrogens is 138 g/mol. The fourth-order valence-electron chi connectivity index (χ4n) is 0.276. The van der Waals surface area contributed by atoms with Gasteiger partial charge in [0.05, 0.1) is 0 Å². The van der Waals surface area contributed by atoms with Crippen LogP contribution in [0.25, 0.3) is 0 Å². The Morgan fingerprint density at radius 2 is 2.00 bits per heavy atom. The summed E-state index contributed by atoms with van der Waals surface area (Å²) in [6, 6.07) is 0. The molecule has 5 heteroatoms. The maximum atomic E-state index is 10.4. The highest BCUT2D eigenvalue weighted by Crippen LogP contribution is 1.87. The lowest BCUT2D eigenvalue weighted by molar-refractivity contribution is -0.135. The van der Waals surface area contributed by atoms with Crippen molar-refractivity contribution in [1.82, 2.24) is 5.32 Å². The second-order valence-electron chi connectivity index (χ2n) is 1.45. The summed E-state index contributed by atoms with van der Waals surface area (Å²) in [5.41, 5.74) is -0.589. The van der Waals surface area contributed by atoms with E-state index in [0.29, 0.717) is 0 Å². The highest BCUT2D eigenvalue weighted by molar-refractivity contribution is 6.14. The zero-order valence-electron chi connectivity index (χ0n) is 5.13. The van der Waals surface area contributed by atoms with Gasteiger partial charge in [-0.25, -0.2) is 4.79 Å². The van der Waals surface area contributed by atoms with Crippen molar-refractivity contribution in [3.63, 3.8) is 0 Å². The Kier molecular flexibility index (Phi) is 3.13. The first kappa shape index (κ1) is 8.64. The lowest BCUT2D eigenvalue weighted by Gasteiger charge is -1.98. The minimum Gasteiger partial charge on any atom is -0.478 e. The van der Waals surface area contributed by atoms with Crippen LogP contribution in [-0.2, 0) is 9.59 Å². The quantitative estimate of drug-likeness (QED) is 0.199. The van der Waals surface area contributed by atoms with E-state index in [-0.39, 0.29) is 0 Å². The van der Waals surface area contributed by atoms with Gasteiger partial charge >= 0.3 is 5.97 Å². The van der Waals surface area contributed by atoms with Gasteiger partial charge in [0.25, 0.3) is 5.91 Å². The summed E-state index contributed by atoms with van der Waals surface area (Å²) in [7, 11) is 0. The number of aliphatic carboxylic acids is 1. The zero-order chi connectivity index (χ0) is 8.15. The molecule has 0 radical (unpaired) electrons. The predicted molar refractivity (Wildman–Crippen MR) is 32.0 cm³/mol. The number of carbonyl (C=O) groups excluding carboxylic acids is 1. The molecule has 0 heterocycles. The SMILES string of the molecule is C=C(C(=O)O)C(=O)NCO. The van der Waals surface area contributed by atoms with Crippen LogP contribution in [0, 0.1) is 0 Å². The van der Waals surface area contributed by atoms with Crippen LogP contribution in [0.5, 0.6) is 0 Å². The van der Waals surface area contributed by atoms with Crippen LogP contribution in [0.1, 0.15) is 0 Å². The minimum absolute atomic E-state index is 0.589. The lowest BCUT2D eigenvalue weighted by Crippen LogP contribution is -2.28. The second kappa shape index (κ2) is 3.62. The Bertz CT molecular complexity index is 174. The first-order valence-corrected chi connectivity index (χ1v) is 2.41. The van der Waals surface area contributed by atoms with Crippen LogP contribution in [0.2, 0.25) is 0 Å². The number of amides is 1. The van der Waals surface area contributed by atoms with Gasteiger partial charge in [-0.2, -0.15) is 0 Å². The Morgan fingerprint density at radius 1 is 1.50 bits per heavy atom. The summed E-state index contributed by atoms with van der Waals surface area (Å²) in [5, 5.41) is 18.1. The van der Waals surface area contributed by atoms with Gasteiger partial charge in [-0.1, -0.05) is 6.58 Å². The molecule has 0 aromatic carbocycles. The van der Waals surface area contributed by atoms with E-state index < -0.39 is 24.2 Å². The van der Waals surface area contributed by atoms with Crippen molar-refractivity contribution in [3.05, 3.63) is 12.2 Å². The first-order chi connectivity index (χ1) is 4.59. The summed E-state index contributed by atoms with van der Waals surface area (Å²) in [6.45, 7) is 2.36. The molecule has 0 unspecified atom stereocenters. The van der Waals surface area contributed by atoms with Crippen LogP contribution < -0.4 is 5.32 Å². The standard InChI is InChI=1S/C5H7NO4/c1-3(5(9)10)4(8)6-2-7/h7H,1-2H2,(H,6,8)(H,9,10). The Labute approximate surface area is 57.0 Å². The molecule has 1 amide bonds. The number of carbonyl (C=O) groups is 2. The molecule has 56 valence electrons. The van der Waals surface area contributed by atoms with Gasteiger partial charge in [0.1, 0.15) is 12.3 Å². The van der Waals surface area contributed by atoms with Crippen molar-refractivity contribution in [2.75, 3.05) is 6.73 Å². The Balaban J connectivity index is 3.96. The number of hydrogen-bond donors (Lipinski definition) is 3. The molecule has 5 nitrogen and oxygen atoms in total. The molecule has 0 spiro atoms. The van der Waals surface area contributed by atoms with Gasteiger partial charge < -0.3 is 15.5 Å². The molecule has 3 N–H and O–H groups in total. The molecule has 0 aliphatic carbocycles. The summed E-state index contributed by atoms with van der Waals surface area (Å²) < 4.78 is 0. The predicted octanol–water partition coefficient (Wildman–Crippen LogP) is -1.31. The third kappa shape index (κ3) is 2.27. The van der Waals surface area contributed by atoms with E-state index in [1.807, 2.05) is 5.32 Å². The van der Waals surface area contributed by atoms with Crippen LogP contribution in [0.15, 0.2) is 12.2 Å². The van der Waals surface area contributed by atoms with Crippen molar-refractivity contribution in [2.45, 2.75) is 0 Å². The fraction of sp³-hybridized carbons (Fsp3) is 0.200. The normalized spacial score (nSPS) is 8.50. The van der Waals surface area contributed by atoms with Gasteiger partial charge in [0.15, 0.2) is 0 Å². The van der Waals surface area contributed by atoms with Crippen LogP contribution in [-0.4, -0.2) is 28.8 Å². The topological polar surface area (TPSA) is 86.6 Å². The molecule has 0 aromatic heterocycles. The minimum atomic E-state index is -1.40. The number of aliphatic hydroxyl groups excluding tert-OH is 1. The molecular formula is C5H7NO4. The van der Waals surface area contributed by atoms with E-state index >= 15 is 0 Å². The van der Waals surface area contributed by atoms with Crippen molar-refractivity contribution in [1.29, 1.82) is 0 Å². The maximum absolute atomic E-state index is 10.4. The van der Waals surface area contributed by atoms with Gasteiger partial charge in [-0.05, 0) is 0 Å². The van der Waals surface area contributed by atoms with Crippen LogP contribution in [0.3, 0.4) is 0 Å². The van der Waals surface area contributed by atoms with E-state index in [4.69, 9.17) is 10.2 Å².